The first-order valence-corrected chi connectivity index (χ1v) is 7.98. The van der Waals surface area contributed by atoms with E-state index in [9.17, 15) is 14.3 Å². The van der Waals surface area contributed by atoms with Gasteiger partial charge in [0.1, 0.15) is 11.4 Å². The highest BCUT2D eigenvalue weighted by atomic mass is 35.5. The lowest BCUT2D eigenvalue weighted by Gasteiger charge is -2.25. The van der Waals surface area contributed by atoms with E-state index >= 15 is 0 Å². The summed E-state index contributed by atoms with van der Waals surface area (Å²) in [6.45, 7) is 4.54. The van der Waals surface area contributed by atoms with E-state index in [0.29, 0.717) is 23.6 Å². The Balaban J connectivity index is 2.00. The Morgan fingerprint density at radius 2 is 2.26 bits per heavy atom. The van der Waals surface area contributed by atoms with Gasteiger partial charge in [-0.1, -0.05) is 31.5 Å². The zero-order chi connectivity index (χ0) is 17.0. The molecule has 1 aromatic carbocycles. The highest BCUT2D eigenvalue weighted by Gasteiger charge is 2.33. The van der Waals surface area contributed by atoms with Gasteiger partial charge in [0.15, 0.2) is 0 Å². The number of hydrogen-bond acceptors (Lipinski definition) is 3. The number of rotatable bonds is 5. The molecule has 0 saturated carbocycles. The molecular weight excluding hydrogens is 323 g/mol. The third kappa shape index (κ3) is 4.80. The van der Waals surface area contributed by atoms with E-state index in [4.69, 9.17) is 16.3 Å². The highest BCUT2D eigenvalue weighted by molar-refractivity contribution is 6.30. The fraction of sp³-hybridized carbons (Fsp3) is 0.562. The molecule has 0 spiro atoms. The lowest BCUT2D eigenvalue weighted by molar-refractivity contribution is 0.0290. The number of carbonyl (C=O) groups is 1. The van der Waals surface area contributed by atoms with Crippen LogP contribution in [0.4, 0.5) is 9.18 Å². The molecule has 1 fully saturated rings. The van der Waals surface area contributed by atoms with Gasteiger partial charge >= 0.3 is 6.03 Å². The largest absolute Gasteiger partial charge is 0.386 e. The molecule has 1 aliphatic heterocycles. The summed E-state index contributed by atoms with van der Waals surface area (Å²) in [6.07, 6.45) is 0.479. The highest BCUT2D eigenvalue weighted by Crippen LogP contribution is 2.26. The lowest BCUT2D eigenvalue weighted by atomic mass is 9.95. The van der Waals surface area contributed by atoms with E-state index in [1.807, 2.05) is 13.8 Å². The van der Waals surface area contributed by atoms with Crippen molar-refractivity contribution in [2.45, 2.75) is 31.9 Å². The van der Waals surface area contributed by atoms with E-state index in [2.05, 4.69) is 10.6 Å². The van der Waals surface area contributed by atoms with Crippen LogP contribution in [-0.2, 0) is 4.74 Å². The molecule has 7 heteroatoms. The standard InChI is InChI=1S/C16H22ClFN2O3/c1-10(2)14(12-4-3-11(17)7-13(12)18)20-15(21)19-8-16(22)5-6-23-9-16/h3-4,7,10,14,22H,5-6,8-9H2,1-2H3,(H2,19,20,21)/t14-,16+/m0/s1. The van der Waals surface area contributed by atoms with Crippen LogP contribution in [0.1, 0.15) is 31.9 Å². The summed E-state index contributed by atoms with van der Waals surface area (Å²) in [7, 11) is 0. The molecule has 0 bridgehead atoms. The number of ether oxygens (including phenoxy) is 1. The smallest absolute Gasteiger partial charge is 0.315 e. The van der Waals surface area contributed by atoms with Gasteiger partial charge in [-0.3, -0.25) is 0 Å². The molecule has 5 nitrogen and oxygen atoms in total. The molecule has 2 rings (SSSR count). The van der Waals surface area contributed by atoms with Gasteiger partial charge in [-0.15, -0.1) is 0 Å². The van der Waals surface area contributed by atoms with E-state index in [-0.39, 0.29) is 19.1 Å². The second kappa shape index (κ2) is 7.47. The Kier molecular flexibility index (Phi) is 5.84. The van der Waals surface area contributed by atoms with Crippen molar-refractivity contribution in [3.8, 4) is 0 Å². The Hall–Kier alpha value is -1.37. The third-order valence-corrected chi connectivity index (χ3v) is 4.15. The van der Waals surface area contributed by atoms with Gasteiger partial charge in [0, 0.05) is 23.6 Å². The minimum atomic E-state index is -1.03. The second-order valence-corrected chi connectivity index (χ2v) is 6.68. The van der Waals surface area contributed by atoms with Crippen LogP contribution in [-0.4, -0.2) is 36.5 Å². The summed E-state index contributed by atoms with van der Waals surface area (Å²) in [6, 6.07) is 3.43. The Bertz CT molecular complexity index is 562. The minimum Gasteiger partial charge on any atom is -0.386 e. The average Bonchev–Trinajstić information content (AvgIpc) is 2.90. The first kappa shape index (κ1) is 18.0. The predicted molar refractivity (Wildman–Crippen MR) is 85.9 cm³/mol. The monoisotopic (exact) mass is 344 g/mol. The van der Waals surface area contributed by atoms with Crippen molar-refractivity contribution in [1.29, 1.82) is 0 Å². The molecule has 0 aromatic heterocycles. The van der Waals surface area contributed by atoms with Crippen LogP contribution in [0.2, 0.25) is 5.02 Å². The van der Waals surface area contributed by atoms with Crippen molar-refractivity contribution in [3.05, 3.63) is 34.6 Å². The van der Waals surface area contributed by atoms with Gasteiger partial charge in [0.2, 0.25) is 0 Å². The van der Waals surface area contributed by atoms with Crippen LogP contribution in [0.5, 0.6) is 0 Å². The minimum absolute atomic E-state index is 0.0191. The average molecular weight is 345 g/mol. The maximum Gasteiger partial charge on any atom is 0.315 e. The molecule has 1 heterocycles. The molecule has 128 valence electrons. The summed E-state index contributed by atoms with van der Waals surface area (Å²) < 4.78 is 19.2. The van der Waals surface area contributed by atoms with Gasteiger partial charge in [-0.05, 0) is 18.1 Å². The predicted octanol–water partition coefficient (Wildman–Crippen LogP) is 2.63. The molecule has 3 N–H and O–H groups in total. The first-order valence-electron chi connectivity index (χ1n) is 7.60. The number of benzene rings is 1. The van der Waals surface area contributed by atoms with Crippen molar-refractivity contribution in [1.82, 2.24) is 10.6 Å². The van der Waals surface area contributed by atoms with Gasteiger partial charge in [-0.2, -0.15) is 0 Å². The third-order valence-electron chi connectivity index (χ3n) is 3.91. The van der Waals surface area contributed by atoms with Crippen LogP contribution >= 0.6 is 11.6 Å². The number of hydrogen-bond donors (Lipinski definition) is 3. The molecule has 1 aromatic rings. The Labute approximate surface area is 140 Å². The normalized spacial score (nSPS) is 22.2. The van der Waals surface area contributed by atoms with E-state index < -0.39 is 23.5 Å². The Morgan fingerprint density at radius 1 is 1.52 bits per heavy atom. The van der Waals surface area contributed by atoms with Crippen molar-refractivity contribution < 1.29 is 19.0 Å². The fourth-order valence-corrected chi connectivity index (χ4v) is 2.69. The number of carbonyl (C=O) groups excluding carboxylic acids is 1. The SMILES string of the molecule is CC(C)[C@H](NC(=O)NC[C@]1(O)CCOC1)c1ccc(Cl)cc1F. The number of nitrogens with one attached hydrogen (secondary N) is 2. The van der Waals surface area contributed by atoms with E-state index in [0.717, 1.165) is 0 Å². The summed E-state index contributed by atoms with van der Waals surface area (Å²) in [5.74, 6) is -0.478. The summed E-state index contributed by atoms with van der Waals surface area (Å²) in [5.41, 5.74) is -0.654. The molecule has 0 radical (unpaired) electrons. The summed E-state index contributed by atoms with van der Waals surface area (Å²) in [4.78, 5) is 12.1. The van der Waals surface area contributed by atoms with Crippen molar-refractivity contribution in [2.75, 3.05) is 19.8 Å². The van der Waals surface area contributed by atoms with Gasteiger partial charge in [0.05, 0.1) is 19.2 Å². The first-order chi connectivity index (χ1) is 10.8. The lowest BCUT2D eigenvalue weighted by Crippen LogP contribution is -2.48. The number of urea groups is 1. The van der Waals surface area contributed by atoms with Gasteiger partial charge in [0.25, 0.3) is 0 Å². The topological polar surface area (TPSA) is 70.6 Å². The van der Waals surface area contributed by atoms with Crippen LogP contribution < -0.4 is 10.6 Å². The molecule has 1 aliphatic rings. The maximum atomic E-state index is 14.1. The molecule has 2 amide bonds. The van der Waals surface area contributed by atoms with Gasteiger partial charge < -0.3 is 20.5 Å². The molecule has 0 aliphatic carbocycles. The van der Waals surface area contributed by atoms with Gasteiger partial charge in [-0.25, -0.2) is 9.18 Å². The summed E-state index contributed by atoms with van der Waals surface area (Å²) in [5, 5.41) is 15.8. The van der Waals surface area contributed by atoms with Crippen LogP contribution in [0, 0.1) is 11.7 Å². The van der Waals surface area contributed by atoms with Crippen molar-refractivity contribution in [3.63, 3.8) is 0 Å². The summed E-state index contributed by atoms with van der Waals surface area (Å²) >= 11 is 5.77. The zero-order valence-electron chi connectivity index (χ0n) is 13.2. The quantitative estimate of drug-likeness (QED) is 0.769. The molecule has 1 saturated heterocycles. The van der Waals surface area contributed by atoms with Crippen molar-refractivity contribution in [2.24, 2.45) is 5.92 Å². The number of amides is 2. The van der Waals surface area contributed by atoms with Crippen LogP contribution in [0.3, 0.4) is 0 Å². The van der Waals surface area contributed by atoms with Crippen LogP contribution in [0.15, 0.2) is 18.2 Å². The molecule has 23 heavy (non-hydrogen) atoms. The zero-order valence-corrected chi connectivity index (χ0v) is 14.0. The fourth-order valence-electron chi connectivity index (χ4n) is 2.53. The Morgan fingerprint density at radius 3 is 2.83 bits per heavy atom. The van der Waals surface area contributed by atoms with E-state index in [1.165, 1.54) is 6.07 Å². The van der Waals surface area contributed by atoms with Crippen LogP contribution in [0.25, 0.3) is 0 Å². The van der Waals surface area contributed by atoms with E-state index in [1.54, 1.807) is 12.1 Å². The molecular formula is C16H22ClFN2O3. The number of halogens is 2. The number of aliphatic hydroxyl groups is 1. The molecule has 0 unspecified atom stereocenters. The van der Waals surface area contributed by atoms with Crippen molar-refractivity contribution >= 4 is 17.6 Å². The maximum absolute atomic E-state index is 14.1. The second-order valence-electron chi connectivity index (χ2n) is 6.24. The molecule has 2 atom stereocenters.